The summed E-state index contributed by atoms with van der Waals surface area (Å²) in [6.07, 6.45) is 6.17. The summed E-state index contributed by atoms with van der Waals surface area (Å²) < 4.78 is 11.5. The minimum absolute atomic E-state index is 0.259. The highest BCUT2D eigenvalue weighted by Crippen LogP contribution is 2.30. The van der Waals surface area contributed by atoms with E-state index in [4.69, 9.17) is 9.47 Å². The Balaban J connectivity index is 1.49. The average Bonchev–Trinajstić information content (AvgIpc) is 2.57. The molecule has 0 aromatic heterocycles. The number of ether oxygens (including phenoxy) is 2. The van der Waals surface area contributed by atoms with Gasteiger partial charge in [-0.3, -0.25) is 4.90 Å². The van der Waals surface area contributed by atoms with E-state index in [1.807, 2.05) is 7.11 Å². The third-order valence-corrected chi connectivity index (χ3v) is 6.01. The highest BCUT2D eigenvalue weighted by atomic mass is 16.5. The fraction of sp³-hybridized carbons (Fsp3) is 1.00. The number of piperidine rings is 1. The molecule has 0 radical (unpaired) electrons. The minimum Gasteiger partial charge on any atom is -0.390 e. The Morgan fingerprint density at radius 2 is 1.91 bits per heavy atom. The van der Waals surface area contributed by atoms with Gasteiger partial charge >= 0.3 is 0 Å². The molecule has 2 saturated heterocycles. The van der Waals surface area contributed by atoms with Gasteiger partial charge in [-0.25, -0.2) is 0 Å². The SMILES string of the molecule is COC1CCC2OCCN(CC(O)CN3CCC(C)CC3)C2C1. The van der Waals surface area contributed by atoms with Crippen LogP contribution < -0.4 is 0 Å². The first-order valence-electron chi connectivity index (χ1n) is 9.44. The molecule has 3 rings (SSSR count). The van der Waals surface area contributed by atoms with Crippen molar-refractivity contribution in [1.82, 2.24) is 9.80 Å². The molecule has 134 valence electrons. The topological polar surface area (TPSA) is 45.2 Å². The van der Waals surface area contributed by atoms with Gasteiger partial charge in [0.15, 0.2) is 0 Å². The van der Waals surface area contributed by atoms with Gasteiger partial charge in [-0.2, -0.15) is 0 Å². The van der Waals surface area contributed by atoms with E-state index < -0.39 is 0 Å². The molecule has 0 aromatic carbocycles. The van der Waals surface area contributed by atoms with Gasteiger partial charge in [0.1, 0.15) is 0 Å². The molecule has 0 spiro atoms. The first kappa shape index (κ1) is 17.6. The Morgan fingerprint density at radius 1 is 1.13 bits per heavy atom. The Morgan fingerprint density at radius 3 is 2.65 bits per heavy atom. The van der Waals surface area contributed by atoms with Gasteiger partial charge in [0, 0.05) is 32.8 Å². The normalized spacial score (nSPS) is 35.9. The van der Waals surface area contributed by atoms with Gasteiger partial charge in [0.05, 0.1) is 24.9 Å². The van der Waals surface area contributed by atoms with Crippen molar-refractivity contribution in [3.8, 4) is 0 Å². The molecule has 3 fully saturated rings. The lowest BCUT2D eigenvalue weighted by atomic mass is 9.87. The van der Waals surface area contributed by atoms with Crippen LogP contribution in [0.25, 0.3) is 0 Å². The number of β-amino-alcohol motifs (C(OH)–C–C–N with tert-alkyl or cyclic N) is 1. The molecule has 5 heteroatoms. The lowest BCUT2D eigenvalue weighted by molar-refractivity contribution is -0.121. The summed E-state index contributed by atoms with van der Waals surface area (Å²) in [5.74, 6) is 0.844. The summed E-state index contributed by atoms with van der Waals surface area (Å²) in [5, 5.41) is 10.6. The summed E-state index contributed by atoms with van der Waals surface area (Å²) in [7, 11) is 1.81. The van der Waals surface area contributed by atoms with E-state index in [1.165, 1.54) is 12.8 Å². The van der Waals surface area contributed by atoms with Crippen LogP contribution in [0.4, 0.5) is 0 Å². The molecule has 1 saturated carbocycles. The molecule has 5 nitrogen and oxygen atoms in total. The number of morpholine rings is 1. The second-order valence-corrected chi connectivity index (χ2v) is 7.78. The quantitative estimate of drug-likeness (QED) is 0.826. The van der Waals surface area contributed by atoms with E-state index in [-0.39, 0.29) is 6.10 Å². The third-order valence-electron chi connectivity index (χ3n) is 6.01. The molecule has 0 amide bonds. The molecule has 2 aliphatic heterocycles. The van der Waals surface area contributed by atoms with Gasteiger partial charge in [-0.1, -0.05) is 6.92 Å². The maximum absolute atomic E-state index is 10.6. The smallest absolute Gasteiger partial charge is 0.0793 e. The van der Waals surface area contributed by atoms with Gasteiger partial charge < -0.3 is 19.5 Å². The van der Waals surface area contributed by atoms with Crippen molar-refractivity contribution in [2.45, 2.75) is 63.4 Å². The standard InChI is InChI=1S/C18H34N2O3/c1-14-5-7-19(8-6-14)12-15(21)13-20-9-10-23-18-4-3-16(22-2)11-17(18)20/h14-18,21H,3-13H2,1-2H3. The van der Waals surface area contributed by atoms with Crippen molar-refractivity contribution in [1.29, 1.82) is 0 Å². The molecule has 3 aliphatic rings. The molecule has 0 bridgehead atoms. The number of aliphatic hydroxyl groups excluding tert-OH is 1. The number of nitrogens with zero attached hydrogens (tertiary/aromatic N) is 2. The van der Waals surface area contributed by atoms with E-state index >= 15 is 0 Å². The van der Waals surface area contributed by atoms with Crippen LogP contribution in [0.3, 0.4) is 0 Å². The van der Waals surface area contributed by atoms with Crippen LogP contribution in [0.2, 0.25) is 0 Å². The van der Waals surface area contributed by atoms with Crippen molar-refractivity contribution in [2.24, 2.45) is 5.92 Å². The predicted octanol–water partition coefficient (Wildman–Crippen LogP) is 1.35. The number of hydrogen-bond donors (Lipinski definition) is 1. The van der Waals surface area contributed by atoms with Gasteiger partial charge in [-0.15, -0.1) is 0 Å². The Labute approximate surface area is 140 Å². The third kappa shape index (κ3) is 4.67. The van der Waals surface area contributed by atoms with E-state index in [9.17, 15) is 5.11 Å². The van der Waals surface area contributed by atoms with E-state index in [0.717, 1.165) is 64.5 Å². The van der Waals surface area contributed by atoms with Crippen molar-refractivity contribution in [2.75, 3.05) is 46.4 Å². The van der Waals surface area contributed by atoms with Crippen molar-refractivity contribution in [3.63, 3.8) is 0 Å². The summed E-state index contributed by atoms with van der Waals surface area (Å²) in [6, 6.07) is 0.415. The van der Waals surface area contributed by atoms with Crippen molar-refractivity contribution in [3.05, 3.63) is 0 Å². The molecule has 4 unspecified atom stereocenters. The predicted molar refractivity (Wildman–Crippen MR) is 90.6 cm³/mol. The zero-order valence-electron chi connectivity index (χ0n) is 14.8. The molecule has 1 N–H and O–H groups in total. The van der Waals surface area contributed by atoms with E-state index in [1.54, 1.807) is 0 Å². The zero-order chi connectivity index (χ0) is 16.2. The summed E-state index contributed by atoms with van der Waals surface area (Å²) >= 11 is 0. The summed E-state index contributed by atoms with van der Waals surface area (Å²) in [6.45, 7) is 7.93. The second-order valence-electron chi connectivity index (χ2n) is 7.78. The van der Waals surface area contributed by atoms with Crippen LogP contribution in [-0.2, 0) is 9.47 Å². The number of likely N-dealkylation sites (tertiary alicyclic amines) is 1. The maximum Gasteiger partial charge on any atom is 0.0793 e. The number of rotatable bonds is 5. The van der Waals surface area contributed by atoms with E-state index in [0.29, 0.717) is 18.2 Å². The summed E-state index contributed by atoms with van der Waals surface area (Å²) in [4.78, 5) is 4.89. The molecule has 1 aliphatic carbocycles. The monoisotopic (exact) mass is 326 g/mol. The first-order valence-corrected chi connectivity index (χ1v) is 9.44. The number of hydrogen-bond acceptors (Lipinski definition) is 5. The fourth-order valence-corrected chi connectivity index (χ4v) is 4.46. The molecular formula is C18H34N2O3. The first-order chi connectivity index (χ1) is 11.2. The lowest BCUT2D eigenvalue weighted by Gasteiger charge is -2.46. The van der Waals surface area contributed by atoms with Crippen molar-refractivity contribution >= 4 is 0 Å². The number of fused-ring (bicyclic) bond motifs is 1. The average molecular weight is 326 g/mol. The molecule has 4 atom stereocenters. The Kier molecular flexibility index (Phi) is 6.32. The highest BCUT2D eigenvalue weighted by molar-refractivity contribution is 4.92. The van der Waals surface area contributed by atoms with Gasteiger partial charge in [0.2, 0.25) is 0 Å². The molecular weight excluding hydrogens is 292 g/mol. The number of aliphatic hydroxyl groups is 1. The largest absolute Gasteiger partial charge is 0.390 e. The molecule has 23 heavy (non-hydrogen) atoms. The van der Waals surface area contributed by atoms with Crippen molar-refractivity contribution < 1.29 is 14.6 Å². The Hall–Kier alpha value is -0.200. The van der Waals surface area contributed by atoms with Crippen LogP contribution in [0.15, 0.2) is 0 Å². The van der Waals surface area contributed by atoms with Gasteiger partial charge in [0.25, 0.3) is 0 Å². The molecule has 0 aromatic rings. The zero-order valence-corrected chi connectivity index (χ0v) is 14.8. The highest BCUT2D eigenvalue weighted by Gasteiger charge is 2.38. The van der Waals surface area contributed by atoms with Gasteiger partial charge in [-0.05, 0) is 51.1 Å². The van der Waals surface area contributed by atoms with E-state index in [2.05, 4.69) is 16.7 Å². The van der Waals surface area contributed by atoms with Crippen LogP contribution in [-0.4, -0.2) is 85.7 Å². The van der Waals surface area contributed by atoms with Crippen LogP contribution in [0.5, 0.6) is 0 Å². The van der Waals surface area contributed by atoms with Crippen LogP contribution in [0, 0.1) is 5.92 Å². The summed E-state index contributed by atoms with van der Waals surface area (Å²) in [5.41, 5.74) is 0. The van der Waals surface area contributed by atoms with Crippen LogP contribution >= 0.6 is 0 Å². The fourth-order valence-electron chi connectivity index (χ4n) is 4.46. The molecule has 2 heterocycles. The lowest BCUT2D eigenvalue weighted by Crippen LogP contribution is -2.57. The van der Waals surface area contributed by atoms with Crippen LogP contribution in [0.1, 0.15) is 39.0 Å². The number of methoxy groups -OCH3 is 1. The second kappa shape index (κ2) is 8.26. The minimum atomic E-state index is -0.259. The maximum atomic E-state index is 10.6. The Bertz CT molecular complexity index is 360.